The maximum Gasteiger partial charge on any atom is 0.251 e. The van der Waals surface area contributed by atoms with Crippen LogP contribution in [0.3, 0.4) is 0 Å². The fourth-order valence-electron chi connectivity index (χ4n) is 3.14. The zero-order valence-corrected chi connectivity index (χ0v) is 14.6. The Morgan fingerprint density at radius 2 is 1.96 bits per heavy atom. The lowest BCUT2D eigenvalue weighted by atomic mass is 10.1. The van der Waals surface area contributed by atoms with E-state index in [0.717, 1.165) is 31.5 Å². The Balaban J connectivity index is 1.58. The Morgan fingerprint density at radius 1 is 1.16 bits per heavy atom. The molecule has 0 spiro atoms. The summed E-state index contributed by atoms with van der Waals surface area (Å²) in [5.41, 5.74) is 2.69. The molecule has 1 atom stereocenters. The van der Waals surface area contributed by atoms with Crippen molar-refractivity contribution < 1.29 is 9.59 Å². The van der Waals surface area contributed by atoms with Crippen molar-refractivity contribution in [1.29, 1.82) is 0 Å². The second-order valence-corrected chi connectivity index (χ2v) is 6.60. The highest BCUT2D eigenvalue weighted by atomic mass is 16.2. The van der Waals surface area contributed by atoms with Gasteiger partial charge in [-0.1, -0.05) is 36.4 Å². The summed E-state index contributed by atoms with van der Waals surface area (Å²) in [6, 6.07) is 17.7. The standard InChI is InChI=1S/C21H24N2O2/c1-16(12-13-17-7-3-2-4-8-17)22-21(25)18-9-5-10-19(15-18)23-14-6-11-20(23)24/h2-5,7-10,15-16H,6,11-14H2,1H3,(H,22,25)/t16-/m1/s1. The molecule has 4 heteroatoms. The first kappa shape index (κ1) is 17.2. The van der Waals surface area contributed by atoms with E-state index in [9.17, 15) is 9.59 Å². The van der Waals surface area contributed by atoms with Gasteiger partial charge in [-0.3, -0.25) is 9.59 Å². The van der Waals surface area contributed by atoms with Crippen LogP contribution in [0.5, 0.6) is 0 Å². The number of nitrogens with one attached hydrogen (secondary N) is 1. The molecule has 2 amide bonds. The monoisotopic (exact) mass is 336 g/mol. The van der Waals surface area contributed by atoms with Gasteiger partial charge in [0.05, 0.1) is 0 Å². The van der Waals surface area contributed by atoms with Crippen molar-refractivity contribution in [2.45, 2.75) is 38.6 Å². The number of benzene rings is 2. The summed E-state index contributed by atoms with van der Waals surface area (Å²) in [7, 11) is 0. The van der Waals surface area contributed by atoms with Crippen molar-refractivity contribution in [3.63, 3.8) is 0 Å². The van der Waals surface area contributed by atoms with Crippen molar-refractivity contribution in [1.82, 2.24) is 5.32 Å². The third-order valence-electron chi connectivity index (χ3n) is 4.58. The number of aryl methyl sites for hydroxylation is 1. The highest BCUT2D eigenvalue weighted by molar-refractivity contribution is 5.99. The molecule has 0 radical (unpaired) electrons. The molecule has 0 saturated carbocycles. The molecular formula is C21H24N2O2. The molecule has 0 unspecified atom stereocenters. The Morgan fingerprint density at radius 3 is 2.68 bits per heavy atom. The Hall–Kier alpha value is -2.62. The maximum absolute atomic E-state index is 12.5. The molecule has 1 fully saturated rings. The number of rotatable bonds is 6. The first-order valence-electron chi connectivity index (χ1n) is 8.89. The van der Waals surface area contributed by atoms with Gasteiger partial charge in [-0.15, -0.1) is 0 Å². The molecule has 1 aliphatic rings. The third-order valence-corrected chi connectivity index (χ3v) is 4.58. The molecule has 130 valence electrons. The summed E-state index contributed by atoms with van der Waals surface area (Å²) in [6.45, 7) is 2.76. The van der Waals surface area contributed by atoms with Crippen LogP contribution in [0.25, 0.3) is 0 Å². The van der Waals surface area contributed by atoms with Crippen molar-refractivity contribution in [2.24, 2.45) is 0 Å². The number of hydrogen-bond donors (Lipinski definition) is 1. The van der Waals surface area contributed by atoms with Crippen LogP contribution in [0.2, 0.25) is 0 Å². The van der Waals surface area contributed by atoms with E-state index in [4.69, 9.17) is 0 Å². The number of carbonyl (C=O) groups is 2. The van der Waals surface area contributed by atoms with Gasteiger partial charge in [0.25, 0.3) is 5.91 Å². The normalized spacial score (nSPS) is 15.2. The second kappa shape index (κ2) is 7.97. The molecular weight excluding hydrogens is 312 g/mol. The maximum atomic E-state index is 12.5. The highest BCUT2D eigenvalue weighted by Crippen LogP contribution is 2.22. The number of nitrogens with zero attached hydrogens (tertiary/aromatic N) is 1. The smallest absolute Gasteiger partial charge is 0.251 e. The summed E-state index contributed by atoms with van der Waals surface area (Å²) in [4.78, 5) is 26.1. The minimum Gasteiger partial charge on any atom is -0.350 e. The largest absolute Gasteiger partial charge is 0.350 e. The van der Waals surface area contributed by atoms with Crippen LogP contribution < -0.4 is 10.2 Å². The molecule has 2 aromatic carbocycles. The molecule has 1 saturated heterocycles. The summed E-state index contributed by atoms with van der Waals surface area (Å²) in [5.74, 6) is 0.0443. The average Bonchev–Trinajstić information content (AvgIpc) is 3.07. The van der Waals surface area contributed by atoms with Gasteiger partial charge in [0.2, 0.25) is 5.91 Å². The van der Waals surface area contributed by atoms with Gasteiger partial charge in [-0.05, 0) is 49.9 Å². The fourth-order valence-corrected chi connectivity index (χ4v) is 3.14. The summed E-state index contributed by atoms with van der Waals surface area (Å²) in [5, 5.41) is 3.05. The lowest BCUT2D eigenvalue weighted by Gasteiger charge is -2.18. The van der Waals surface area contributed by atoms with E-state index in [1.54, 1.807) is 11.0 Å². The van der Waals surface area contributed by atoms with Crippen molar-refractivity contribution in [2.75, 3.05) is 11.4 Å². The lowest BCUT2D eigenvalue weighted by Crippen LogP contribution is -2.33. The van der Waals surface area contributed by atoms with E-state index >= 15 is 0 Å². The molecule has 2 aromatic rings. The van der Waals surface area contributed by atoms with Gasteiger partial charge in [0, 0.05) is 30.3 Å². The van der Waals surface area contributed by atoms with Crippen molar-refractivity contribution in [3.8, 4) is 0 Å². The number of carbonyl (C=O) groups excluding carboxylic acids is 2. The van der Waals surface area contributed by atoms with E-state index in [1.165, 1.54) is 5.56 Å². The minimum absolute atomic E-state index is 0.0878. The van der Waals surface area contributed by atoms with Crippen molar-refractivity contribution >= 4 is 17.5 Å². The van der Waals surface area contributed by atoms with Crippen LogP contribution in [-0.2, 0) is 11.2 Å². The topological polar surface area (TPSA) is 49.4 Å². The molecule has 1 aliphatic heterocycles. The van der Waals surface area contributed by atoms with Crippen LogP contribution in [0.1, 0.15) is 42.1 Å². The highest BCUT2D eigenvalue weighted by Gasteiger charge is 2.22. The van der Waals surface area contributed by atoms with E-state index in [1.807, 2.05) is 43.3 Å². The summed E-state index contributed by atoms with van der Waals surface area (Å²) >= 11 is 0. The SMILES string of the molecule is C[C@H](CCc1ccccc1)NC(=O)c1cccc(N2CCCC2=O)c1. The van der Waals surface area contributed by atoms with Crippen LogP contribution >= 0.6 is 0 Å². The minimum atomic E-state index is -0.0888. The molecule has 1 N–H and O–H groups in total. The quantitative estimate of drug-likeness (QED) is 0.877. The fraction of sp³-hybridized carbons (Fsp3) is 0.333. The van der Waals surface area contributed by atoms with E-state index in [2.05, 4.69) is 17.4 Å². The van der Waals surface area contributed by atoms with Crippen LogP contribution in [0, 0.1) is 0 Å². The second-order valence-electron chi connectivity index (χ2n) is 6.60. The van der Waals surface area contributed by atoms with E-state index < -0.39 is 0 Å². The Bertz CT molecular complexity index is 743. The van der Waals surface area contributed by atoms with E-state index in [-0.39, 0.29) is 17.9 Å². The molecule has 0 aromatic heterocycles. The Labute approximate surface area is 148 Å². The van der Waals surface area contributed by atoms with Crippen LogP contribution in [-0.4, -0.2) is 24.4 Å². The van der Waals surface area contributed by atoms with Crippen LogP contribution in [0.4, 0.5) is 5.69 Å². The van der Waals surface area contributed by atoms with Gasteiger partial charge in [-0.2, -0.15) is 0 Å². The first-order valence-corrected chi connectivity index (χ1v) is 8.89. The third kappa shape index (κ3) is 4.47. The lowest BCUT2D eigenvalue weighted by molar-refractivity contribution is -0.117. The number of hydrogen-bond acceptors (Lipinski definition) is 2. The Kier molecular flexibility index (Phi) is 5.49. The molecule has 0 aliphatic carbocycles. The van der Waals surface area contributed by atoms with Crippen molar-refractivity contribution in [3.05, 3.63) is 65.7 Å². The summed E-state index contributed by atoms with van der Waals surface area (Å²) in [6.07, 6.45) is 3.30. The van der Waals surface area contributed by atoms with Gasteiger partial charge in [0.15, 0.2) is 0 Å². The predicted octanol–water partition coefficient (Wildman–Crippen LogP) is 3.56. The van der Waals surface area contributed by atoms with Gasteiger partial charge >= 0.3 is 0 Å². The van der Waals surface area contributed by atoms with E-state index in [0.29, 0.717) is 12.0 Å². The van der Waals surface area contributed by atoms with Gasteiger partial charge in [-0.25, -0.2) is 0 Å². The molecule has 3 rings (SSSR count). The molecule has 1 heterocycles. The number of amides is 2. The molecule has 4 nitrogen and oxygen atoms in total. The van der Waals surface area contributed by atoms with Crippen LogP contribution in [0.15, 0.2) is 54.6 Å². The number of anilines is 1. The zero-order chi connectivity index (χ0) is 17.6. The van der Waals surface area contributed by atoms with Gasteiger partial charge < -0.3 is 10.2 Å². The summed E-state index contributed by atoms with van der Waals surface area (Å²) < 4.78 is 0. The molecule has 0 bridgehead atoms. The molecule has 25 heavy (non-hydrogen) atoms. The first-order chi connectivity index (χ1) is 12.1. The van der Waals surface area contributed by atoms with Gasteiger partial charge in [0.1, 0.15) is 0 Å². The predicted molar refractivity (Wildman–Crippen MR) is 99.7 cm³/mol. The average molecular weight is 336 g/mol. The zero-order valence-electron chi connectivity index (χ0n) is 14.6.